The highest BCUT2D eigenvalue weighted by atomic mass is 32.1. The van der Waals surface area contributed by atoms with Gasteiger partial charge in [0.2, 0.25) is 0 Å². The number of fused-ring (bicyclic) bond motifs is 3. The van der Waals surface area contributed by atoms with Crippen LogP contribution >= 0.6 is 11.3 Å². The molecule has 39 heavy (non-hydrogen) atoms. The smallest absolute Gasteiger partial charge is 0.166 e. The quantitative estimate of drug-likeness (QED) is 0.193. The third kappa shape index (κ3) is 4.90. The SMILES string of the molecule is FC(F)(F)c1cc(-c2ccc(-c3ccc(-c4ccc5sc6ccccc6c5c4)cc3)cc2)cc(C(F)(F)F)c1. The summed E-state index contributed by atoms with van der Waals surface area (Å²) < 4.78 is 82.0. The molecule has 0 aliphatic carbocycles. The van der Waals surface area contributed by atoms with Crippen molar-refractivity contribution in [1.29, 1.82) is 0 Å². The number of thiophene rings is 1. The van der Waals surface area contributed by atoms with Crippen molar-refractivity contribution >= 4 is 31.5 Å². The minimum Gasteiger partial charge on any atom is -0.166 e. The van der Waals surface area contributed by atoms with Crippen LogP contribution in [0.25, 0.3) is 53.6 Å². The maximum atomic E-state index is 13.3. The Morgan fingerprint density at radius 1 is 0.385 bits per heavy atom. The fraction of sp³-hybridized carbons (Fsp3) is 0.0625. The molecule has 6 rings (SSSR count). The van der Waals surface area contributed by atoms with Crippen LogP contribution in [-0.4, -0.2) is 0 Å². The largest absolute Gasteiger partial charge is 0.416 e. The van der Waals surface area contributed by atoms with E-state index in [1.807, 2.05) is 36.4 Å². The summed E-state index contributed by atoms with van der Waals surface area (Å²) in [4.78, 5) is 0. The first-order valence-corrected chi connectivity index (χ1v) is 12.8. The van der Waals surface area contributed by atoms with Gasteiger partial charge in [-0.15, -0.1) is 11.3 Å². The van der Waals surface area contributed by atoms with E-state index in [1.165, 1.54) is 32.3 Å². The van der Waals surface area contributed by atoms with E-state index in [-0.39, 0.29) is 17.2 Å². The Morgan fingerprint density at radius 3 is 1.36 bits per heavy atom. The Labute approximate surface area is 223 Å². The predicted octanol–water partition coefficient (Wildman–Crippen LogP) is 11.1. The molecule has 0 spiro atoms. The van der Waals surface area contributed by atoms with Crippen molar-refractivity contribution in [2.75, 3.05) is 0 Å². The summed E-state index contributed by atoms with van der Waals surface area (Å²) in [7, 11) is 0. The number of rotatable bonds is 3. The molecule has 0 saturated carbocycles. The van der Waals surface area contributed by atoms with Crippen LogP contribution in [0.2, 0.25) is 0 Å². The summed E-state index contributed by atoms with van der Waals surface area (Å²) in [6.07, 6.45) is -9.78. The summed E-state index contributed by atoms with van der Waals surface area (Å²) in [5, 5.41) is 2.43. The van der Waals surface area contributed by atoms with Gasteiger partial charge in [-0.2, -0.15) is 26.3 Å². The lowest BCUT2D eigenvalue weighted by Crippen LogP contribution is -2.11. The lowest BCUT2D eigenvalue weighted by Gasteiger charge is -2.14. The molecule has 194 valence electrons. The van der Waals surface area contributed by atoms with Gasteiger partial charge < -0.3 is 0 Å². The lowest BCUT2D eigenvalue weighted by atomic mass is 9.96. The van der Waals surface area contributed by atoms with Crippen LogP contribution in [0.15, 0.2) is 109 Å². The van der Waals surface area contributed by atoms with Crippen molar-refractivity contribution in [2.45, 2.75) is 12.4 Å². The van der Waals surface area contributed by atoms with E-state index >= 15 is 0 Å². The summed E-state index contributed by atoms with van der Waals surface area (Å²) in [5.74, 6) is 0. The standard InChI is InChI=1S/C32H18F6S/c33-31(34,35)25-15-24(16-26(18-25)32(36,37)38)22-11-7-20(8-12-22)19-5-9-21(10-6-19)23-13-14-30-28(17-23)27-3-1-2-4-29(27)39-30/h1-18H. The van der Waals surface area contributed by atoms with Gasteiger partial charge in [0.15, 0.2) is 0 Å². The molecule has 0 amide bonds. The van der Waals surface area contributed by atoms with Gasteiger partial charge >= 0.3 is 12.4 Å². The van der Waals surface area contributed by atoms with Crippen molar-refractivity contribution in [3.05, 3.63) is 120 Å². The highest BCUT2D eigenvalue weighted by molar-refractivity contribution is 7.25. The van der Waals surface area contributed by atoms with E-state index < -0.39 is 23.5 Å². The highest BCUT2D eigenvalue weighted by Gasteiger charge is 2.37. The molecule has 0 aliphatic heterocycles. The van der Waals surface area contributed by atoms with E-state index in [0.717, 1.165) is 34.4 Å². The second-order valence-corrected chi connectivity index (χ2v) is 10.3. The van der Waals surface area contributed by atoms with Gasteiger partial charge in [-0.05, 0) is 69.8 Å². The maximum Gasteiger partial charge on any atom is 0.416 e. The van der Waals surface area contributed by atoms with E-state index in [1.54, 1.807) is 23.5 Å². The Morgan fingerprint density at radius 2 is 0.821 bits per heavy atom. The zero-order valence-electron chi connectivity index (χ0n) is 20.1. The van der Waals surface area contributed by atoms with Crippen molar-refractivity contribution in [3.63, 3.8) is 0 Å². The van der Waals surface area contributed by atoms with E-state index in [9.17, 15) is 26.3 Å². The van der Waals surface area contributed by atoms with Gasteiger partial charge in [-0.3, -0.25) is 0 Å². The number of alkyl halides is 6. The van der Waals surface area contributed by atoms with Crippen LogP contribution in [0.3, 0.4) is 0 Å². The van der Waals surface area contributed by atoms with Crippen molar-refractivity contribution in [3.8, 4) is 33.4 Å². The molecule has 0 bridgehead atoms. The van der Waals surface area contributed by atoms with Crippen molar-refractivity contribution in [1.82, 2.24) is 0 Å². The molecule has 0 atom stereocenters. The van der Waals surface area contributed by atoms with Crippen LogP contribution in [0.4, 0.5) is 26.3 Å². The van der Waals surface area contributed by atoms with Gasteiger partial charge in [0.1, 0.15) is 0 Å². The molecular weight excluding hydrogens is 530 g/mol. The number of halogens is 6. The third-order valence-electron chi connectivity index (χ3n) is 6.73. The Hall–Kier alpha value is -4.10. The fourth-order valence-corrected chi connectivity index (χ4v) is 5.82. The molecule has 0 radical (unpaired) electrons. The highest BCUT2D eigenvalue weighted by Crippen LogP contribution is 2.40. The average molecular weight is 549 g/mol. The number of benzene rings is 5. The molecular formula is C32H18F6S. The van der Waals surface area contributed by atoms with Crippen molar-refractivity contribution < 1.29 is 26.3 Å². The second-order valence-electron chi connectivity index (χ2n) is 9.26. The van der Waals surface area contributed by atoms with E-state index in [2.05, 4.69) is 30.3 Å². The molecule has 6 aromatic rings. The van der Waals surface area contributed by atoms with Crippen LogP contribution in [-0.2, 0) is 12.4 Å². The fourth-order valence-electron chi connectivity index (χ4n) is 4.74. The minimum absolute atomic E-state index is 0.137. The molecule has 5 aromatic carbocycles. The van der Waals surface area contributed by atoms with Crippen LogP contribution in [0.5, 0.6) is 0 Å². The van der Waals surface area contributed by atoms with E-state index in [4.69, 9.17) is 0 Å². The first-order chi connectivity index (χ1) is 18.6. The van der Waals surface area contributed by atoms with E-state index in [0.29, 0.717) is 0 Å². The van der Waals surface area contributed by atoms with Gasteiger partial charge in [0, 0.05) is 20.2 Å². The Bertz CT molecular complexity index is 1780. The molecule has 0 nitrogen and oxygen atoms in total. The normalized spacial score (nSPS) is 12.4. The first-order valence-electron chi connectivity index (χ1n) is 12.0. The average Bonchev–Trinajstić information content (AvgIpc) is 3.30. The molecule has 0 fully saturated rings. The van der Waals surface area contributed by atoms with Gasteiger partial charge in [-0.25, -0.2) is 0 Å². The predicted molar refractivity (Wildman–Crippen MR) is 146 cm³/mol. The molecule has 0 unspecified atom stereocenters. The maximum absolute atomic E-state index is 13.3. The Kier molecular flexibility index (Phi) is 5.99. The van der Waals surface area contributed by atoms with Gasteiger partial charge in [0.05, 0.1) is 11.1 Å². The molecule has 0 saturated heterocycles. The van der Waals surface area contributed by atoms with Crippen LogP contribution in [0, 0.1) is 0 Å². The third-order valence-corrected chi connectivity index (χ3v) is 7.89. The topological polar surface area (TPSA) is 0 Å². The summed E-state index contributed by atoms with van der Waals surface area (Å²) in [6.45, 7) is 0. The zero-order valence-corrected chi connectivity index (χ0v) is 20.9. The zero-order chi connectivity index (χ0) is 27.4. The minimum atomic E-state index is -4.89. The van der Waals surface area contributed by atoms with Crippen LogP contribution in [0.1, 0.15) is 11.1 Å². The number of hydrogen-bond acceptors (Lipinski definition) is 1. The summed E-state index contributed by atoms with van der Waals surface area (Å²) in [5.41, 5.74) is 1.26. The summed E-state index contributed by atoms with van der Waals surface area (Å²) >= 11 is 1.76. The van der Waals surface area contributed by atoms with Crippen LogP contribution < -0.4 is 0 Å². The summed E-state index contributed by atoms with van der Waals surface area (Å²) in [6, 6.07) is 30.7. The monoisotopic (exact) mass is 548 g/mol. The molecule has 1 heterocycles. The first kappa shape index (κ1) is 25.2. The molecule has 0 aliphatic rings. The van der Waals surface area contributed by atoms with Crippen molar-refractivity contribution in [2.24, 2.45) is 0 Å². The van der Waals surface area contributed by atoms with Gasteiger partial charge in [-0.1, -0.05) is 72.8 Å². The Balaban J connectivity index is 1.29. The number of hydrogen-bond donors (Lipinski definition) is 0. The molecule has 0 N–H and O–H groups in total. The second kappa shape index (κ2) is 9.27. The lowest BCUT2D eigenvalue weighted by molar-refractivity contribution is -0.143. The molecule has 1 aromatic heterocycles. The molecule has 7 heteroatoms. The van der Waals surface area contributed by atoms with Gasteiger partial charge in [0.25, 0.3) is 0 Å².